The first-order chi connectivity index (χ1) is 12.1. The fourth-order valence-electron chi connectivity index (χ4n) is 2.02. The van der Waals surface area contributed by atoms with E-state index in [2.05, 4.69) is 0 Å². The van der Waals surface area contributed by atoms with Gasteiger partial charge in [-0.1, -0.05) is 12.1 Å². The lowest BCUT2D eigenvalue weighted by Crippen LogP contribution is -2.23. The molecule has 2 rings (SSSR count). The molecular weight excluding hydrogens is 367 g/mol. The Balaban J connectivity index is 2.21. The number of carbonyl (C=O) groups excluding carboxylic acids is 1. The molecular formula is C16H15FN2O6S. The highest BCUT2D eigenvalue weighted by molar-refractivity contribution is 7.89. The maximum Gasteiger partial charge on any atom is 0.338 e. The van der Waals surface area contributed by atoms with Crippen LogP contribution in [0.3, 0.4) is 0 Å². The Hall–Kier alpha value is -2.85. The Labute approximate surface area is 149 Å². The number of carbonyl (C=O) groups is 1. The molecule has 0 radical (unpaired) electrons. The molecule has 0 spiro atoms. The summed E-state index contributed by atoms with van der Waals surface area (Å²) in [6, 6.07) is 8.37. The molecule has 0 saturated carbocycles. The Kier molecular flexibility index (Phi) is 5.68. The number of hydrogen-bond donors (Lipinski definition) is 0. The average Bonchev–Trinajstić information content (AvgIpc) is 2.60. The summed E-state index contributed by atoms with van der Waals surface area (Å²) in [5.41, 5.74) is 0.0766. The fourth-order valence-corrected chi connectivity index (χ4v) is 3.00. The van der Waals surface area contributed by atoms with Gasteiger partial charge in [0.2, 0.25) is 10.0 Å². The van der Waals surface area contributed by atoms with Crippen LogP contribution in [-0.2, 0) is 21.4 Å². The SMILES string of the molecule is CN(C)S(=O)(=O)c1cc(C(=O)OCc2cccc([N+](=O)[O-])c2)ccc1F. The number of sulfonamides is 1. The first-order valence-corrected chi connectivity index (χ1v) is 8.69. The summed E-state index contributed by atoms with van der Waals surface area (Å²) in [6.45, 7) is -0.256. The van der Waals surface area contributed by atoms with Crippen molar-refractivity contribution in [3.8, 4) is 0 Å². The standard InChI is InChI=1S/C16H15FN2O6S/c1-18(2)26(23,24)15-9-12(6-7-14(15)17)16(20)25-10-11-4-3-5-13(8-11)19(21)22/h3-9H,10H2,1-2H3. The molecule has 0 aromatic heterocycles. The van der Waals surface area contributed by atoms with E-state index in [-0.39, 0.29) is 17.9 Å². The van der Waals surface area contributed by atoms with E-state index in [4.69, 9.17) is 4.74 Å². The van der Waals surface area contributed by atoms with Crippen LogP contribution in [-0.4, -0.2) is 37.7 Å². The number of ether oxygens (including phenoxy) is 1. The lowest BCUT2D eigenvalue weighted by atomic mass is 10.2. The number of nitrogens with zero attached hydrogens (tertiary/aromatic N) is 2. The molecule has 8 nitrogen and oxygen atoms in total. The van der Waals surface area contributed by atoms with E-state index >= 15 is 0 Å². The van der Waals surface area contributed by atoms with Crippen molar-refractivity contribution in [2.45, 2.75) is 11.5 Å². The van der Waals surface area contributed by atoms with Crippen LogP contribution in [0.25, 0.3) is 0 Å². The molecule has 138 valence electrons. The molecule has 26 heavy (non-hydrogen) atoms. The van der Waals surface area contributed by atoms with Crippen LogP contribution in [0.4, 0.5) is 10.1 Å². The summed E-state index contributed by atoms with van der Waals surface area (Å²) in [4.78, 5) is 21.6. The summed E-state index contributed by atoms with van der Waals surface area (Å²) in [7, 11) is -1.59. The van der Waals surface area contributed by atoms with Gasteiger partial charge in [0.25, 0.3) is 5.69 Å². The van der Waals surface area contributed by atoms with Crippen LogP contribution in [0.1, 0.15) is 15.9 Å². The number of halogens is 1. The highest BCUT2D eigenvalue weighted by Crippen LogP contribution is 2.20. The molecule has 10 heteroatoms. The molecule has 0 amide bonds. The number of non-ortho nitro benzene ring substituents is 1. The molecule has 0 saturated heterocycles. The van der Waals surface area contributed by atoms with E-state index in [0.29, 0.717) is 5.56 Å². The van der Waals surface area contributed by atoms with E-state index < -0.39 is 31.6 Å². The van der Waals surface area contributed by atoms with Crippen molar-refractivity contribution < 1.29 is 27.3 Å². The van der Waals surface area contributed by atoms with Crippen molar-refractivity contribution >= 4 is 21.7 Å². The van der Waals surface area contributed by atoms with E-state index in [1.807, 2.05) is 0 Å². The van der Waals surface area contributed by atoms with Gasteiger partial charge in [-0.3, -0.25) is 10.1 Å². The highest BCUT2D eigenvalue weighted by atomic mass is 32.2. The predicted octanol–water partition coefficient (Wildman–Crippen LogP) is 2.34. The van der Waals surface area contributed by atoms with Gasteiger partial charge in [0.1, 0.15) is 17.3 Å². The van der Waals surface area contributed by atoms with Gasteiger partial charge in [0, 0.05) is 26.2 Å². The molecule has 0 aliphatic rings. The van der Waals surface area contributed by atoms with Crippen LogP contribution in [0.5, 0.6) is 0 Å². The monoisotopic (exact) mass is 382 g/mol. The van der Waals surface area contributed by atoms with Gasteiger partial charge in [-0.25, -0.2) is 21.9 Å². The van der Waals surface area contributed by atoms with Gasteiger partial charge >= 0.3 is 5.97 Å². The van der Waals surface area contributed by atoms with Crippen molar-refractivity contribution in [2.75, 3.05) is 14.1 Å². The molecule has 0 N–H and O–H groups in total. The maximum absolute atomic E-state index is 13.8. The summed E-state index contributed by atoms with van der Waals surface area (Å²) in [6.07, 6.45) is 0. The fraction of sp³-hybridized carbons (Fsp3) is 0.188. The minimum absolute atomic E-state index is 0.153. The van der Waals surface area contributed by atoms with Crippen molar-refractivity contribution in [3.05, 3.63) is 69.5 Å². The Morgan fingerprint density at radius 2 is 1.92 bits per heavy atom. The third kappa shape index (κ3) is 4.21. The first kappa shape index (κ1) is 19.5. The molecule has 2 aromatic carbocycles. The number of benzene rings is 2. The minimum Gasteiger partial charge on any atom is -0.457 e. The smallest absolute Gasteiger partial charge is 0.338 e. The van der Waals surface area contributed by atoms with Gasteiger partial charge in [0.15, 0.2) is 0 Å². The van der Waals surface area contributed by atoms with E-state index in [1.54, 1.807) is 0 Å². The Bertz CT molecular complexity index is 959. The zero-order chi connectivity index (χ0) is 19.5. The normalized spacial score (nSPS) is 11.4. The predicted molar refractivity (Wildman–Crippen MR) is 89.5 cm³/mol. The van der Waals surface area contributed by atoms with Crippen LogP contribution >= 0.6 is 0 Å². The third-order valence-corrected chi connectivity index (χ3v) is 5.25. The van der Waals surface area contributed by atoms with Gasteiger partial charge < -0.3 is 4.74 Å². The number of hydrogen-bond acceptors (Lipinski definition) is 6. The van der Waals surface area contributed by atoms with Gasteiger partial charge in [-0.15, -0.1) is 0 Å². The molecule has 0 heterocycles. The van der Waals surface area contributed by atoms with Crippen molar-refractivity contribution in [3.63, 3.8) is 0 Å². The van der Waals surface area contributed by atoms with Crippen molar-refractivity contribution in [2.24, 2.45) is 0 Å². The second-order valence-electron chi connectivity index (χ2n) is 5.44. The second-order valence-corrected chi connectivity index (χ2v) is 7.56. The van der Waals surface area contributed by atoms with E-state index in [1.165, 1.54) is 38.4 Å². The van der Waals surface area contributed by atoms with Crippen LogP contribution in [0.15, 0.2) is 47.4 Å². The average molecular weight is 382 g/mol. The molecule has 0 aliphatic carbocycles. The third-order valence-electron chi connectivity index (χ3n) is 3.42. The minimum atomic E-state index is -4.07. The molecule has 0 bridgehead atoms. The van der Waals surface area contributed by atoms with E-state index in [9.17, 15) is 27.7 Å². The van der Waals surface area contributed by atoms with E-state index in [0.717, 1.165) is 22.5 Å². The summed E-state index contributed by atoms with van der Waals surface area (Å²) in [5, 5.41) is 10.7. The summed E-state index contributed by atoms with van der Waals surface area (Å²) in [5.74, 6) is -1.87. The van der Waals surface area contributed by atoms with Crippen LogP contribution in [0.2, 0.25) is 0 Å². The largest absolute Gasteiger partial charge is 0.457 e. The number of nitro benzene ring substituents is 1. The van der Waals surface area contributed by atoms with Crippen LogP contribution < -0.4 is 0 Å². The van der Waals surface area contributed by atoms with Crippen LogP contribution in [0, 0.1) is 15.9 Å². The van der Waals surface area contributed by atoms with Crippen molar-refractivity contribution in [1.29, 1.82) is 0 Å². The van der Waals surface area contributed by atoms with Crippen molar-refractivity contribution in [1.82, 2.24) is 4.31 Å². The molecule has 2 aromatic rings. The molecule has 0 atom stereocenters. The van der Waals surface area contributed by atoms with Gasteiger partial charge in [-0.05, 0) is 23.8 Å². The molecule has 0 fully saturated rings. The zero-order valence-electron chi connectivity index (χ0n) is 13.9. The van der Waals surface area contributed by atoms with Gasteiger partial charge in [0.05, 0.1) is 10.5 Å². The second kappa shape index (κ2) is 7.58. The lowest BCUT2D eigenvalue weighted by Gasteiger charge is -2.13. The molecule has 0 unspecified atom stereocenters. The Morgan fingerprint density at radius 3 is 2.54 bits per heavy atom. The summed E-state index contributed by atoms with van der Waals surface area (Å²) >= 11 is 0. The first-order valence-electron chi connectivity index (χ1n) is 7.25. The number of esters is 1. The Morgan fingerprint density at radius 1 is 1.23 bits per heavy atom. The maximum atomic E-state index is 13.8. The van der Waals surface area contributed by atoms with Gasteiger partial charge in [-0.2, -0.15) is 0 Å². The quantitative estimate of drug-likeness (QED) is 0.431. The molecule has 0 aliphatic heterocycles. The number of nitro groups is 1. The highest BCUT2D eigenvalue weighted by Gasteiger charge is 2.23. The lowest BCUT2D eigenvalue weighted by molar-refractivity contribution is -0.384. The zero-order valence-corrected chi connectivity index (χ0v) is 14.7. The number of rotatable bonds is 6. The topological polar surface area (TPSA) is 107 Å². The summed E-state index contributed by atoms with van der Waals surface area (Å²) < 4.78 is 43.8.